The number of hydrogen-bond acceptors (Lipinski definition) is 4. The van der Waals surface area contributed by atoms with E-state index >= 15 is 0 Å². The van der Waals surface area contributed by atoms with Gasteiger partial charge in [0.1, 0.15) is 0 Å². The summed E-state index contributed by atoms with van der Waals surface area (Å²) < 4.78 is 3.45. The predicted molar refractivity (Wildman–Crippen MR) is 109 cm³/mol. The maximum atomic E-state index is 13.0. The van der Waals surface area contributed by atoms with E-state index in [2.05, 4.69) is 5.16 Å². The monoisotopic (exact) mass is 377 g/mol. The second-order valence-electron chi connectivity index (χ2n) is 7.50. The molecule has 1 heterocycles. The van der Waals surface area contributed by atoms with Crippen LogP contribution in [0.5, 0.6) is 0 Å². The van der Waals surface area contributed by atoms with Gasteiger partial charge >= 0.3 is 5.69 Å². The zero-order chi connectivity index (χ0) is 19.8. The van der Waals surface area contributed by atoms with E-state index in [1.54, 1.807) is 35.9 Å². The number of Topliss-reactive ketones (excluding diaryl/α,β-unsaturated/α-hetero) is 1. The molecule has 1 N–H and O–H groups in total. The van der Waals surface area contributed by atoms with Crippen molar-refractivity contribution in [1.29, 1.82) is 0 Å². The summed E-state index contributed by atoms with van der Waals surface area (Å²) in [5.74, 6) is -0.379. The van der Waals surface area contributed by atoms with Crippen LogP contribution < -0.4 is 5.69 Å². The minimum atomic E-state index is -0.379. The lowest BCUT2D eigenvalue weighted by Gasteiger charge is -2.11. The molecule has 28 heavy (non-hydrogen) atoms. The van der Waals surface area contributed by atoms with Crippen molar-refractivity contribution in [2.24, 2.45) is 12.2 Å². The molecule has 2 aromatic carbocycles. The van der Waals surface area contributed by atoms with Crippen LogP contribution in [-0.4, -0.2) is 25.8 Å². The molecule has 1 aliphatic carbocycles. The molecular weight excluding hydrogens is 354 g/mol. The molecule has 6 heteroatoms. The summed E-state index contributed by atoms with van der Waals surface area (Å²) in [6.45, 7) is 1.91. The number of carbonyl (C=O) groups excluding carboxylic acids is 1. The standard InChI is InChI=1S/C22H23N3O3/c1-14-6-5-7-15(12-14)20(23-28)21(26)16-10-11-18-19(13-16)24(2)22(27)25(18)17-8-3-4-9-17/h5-7,10-13,17,28H,3-4,8-9H2,1-2H3. The van der Waals surface area contributed by atoms with Gasteiger partial charge in [-0.2, -0.15) is 0 Å². The van der Waals surface area contributed by atoms with Gasteiger partial charge in [0.15, 0.2) is 5.71 Å². The zero-order valence-electron chi connectivity index (χ0n) is 16.1. The van der Waals surface area contributed by atoms with Crippen molar-refractivity contribution in [2.75, 3.05) is 0 Å². The maximum absolute atomic E-state index is 13.0. The highest BCUT2D eigenvalue weighted by molar-refractivity contribution is 6.51. The molecule has 0 unspecified atom stereocenters. The topological polar surface area (TPSA) is 76.6 Å². The average Bonchev–Trinajstić information content (AvgIpc) is 3.30. The third kappa shape index (κ3) is 2.95. The van der Waals surface area contributed by atoms with E-state index in [-0.39, 0.29) is 23.2 Å². The summed E-state index contributed by atoms with van der Waals surface area (Å²) in [5, 5.41) is 12.7. The van der Waals surface area contributed by atoms with Gasteiger partial charge in [0.05, 0.1) is 11.0 Å². The van der Waals surface area contributed by atoms with Gasteiger partial charge in [-0.3, -0.25) is 13.9 Å². The van der Waals surface area contributed by atoms with Crippen LogP contribution in [-0.2, 0) is 7.05 Å². The molecule has 0 amide bonds. The highest BCUT2D eigenvalue weighted by Crippen LogP contribution is 2.31. The fourth-order valence-electron chi connectivity index (χ4n) is 4.18. The van der Waals surface area contributed by atoms with Crippen LogP contribution in [0.3, 0.4) is 0 Å². The summed E-state index contributed by atoms with van der Waals surface area (Å²) in [5.41, 5.74) is 3.41. The highest BCUT2D eigenvalue weighted by atomic mass is 16.4. The van der Waals surface area contributed by atoms with E-state index in [0.29, 0.717) is 16.6 Å². The predicted octanol–water partition coefficient (Wildman–Crippen LogP) is 3.82. The van der Waals surface area contributed by atoms with Crippen LogP contribution in [0.1, 0.15) is 53.2 Å². The Morgan fingerprint density at radius 2 is 1.82 bits per heavy atom. The summed E-state index contributed by atoms with van der Waals surface area (Å²) in [7, 11) is 1.73. The summed E-state index contributed by atoms with van der Waals surface area (Å²) in [6, 6.07) is 12.7. The Kier molecular flexibility index (Phi) is 4.63. The normalized spacial score (nSPS) is 15.4. The van der Waals surface area contributed by atoms with Gasteiger partial charge in [0.25, 0.3) is 0 Å². The fourth-order valence-corrected chi connectivity index (χ4v) is 4.18. The first-order valence-electron chi connectivity index (χ1n) is 9.56. The maximum Gasteiger partial charge on any atom is 0.329 e. The summed E-state index contributed by atoms with van der Waals surface area (Å²) >= 11 is 0. The van der Waals surface area contributed by atoms with Crippen molar-refractivity contribution in [3.05, 3.63) is 69.6 Å². The SMILES string of the molecule is Cc1cccc(C(=NO)C(=O)c2ccc3c(c2)n(C)c(=O)n3C2CCCC2)c1. The number of aryl methyl sites for hydroxylation is 2. The molecular formula is C22H23N3O3. The number of hydrogen-bond donors (Lipinski definition) is 1. The molecule has 4 rings (SSSR count). The number of rotatable bonds is 4. The summed E-state index contributed by atoms with van der Waals surface area (Å²) in [4.78, 5) is 25.8. The van der Waals surface area contributed by atoms with Gasteiger partial charge < -0.3 is 5.21 Å². The number of oxime groups is 1. The molecule has 0 radical (unpaired) electrons. The Labute approximate surface area is 162 Å². The van der Waals surface area contributed by atoms with Crippen LogP contribution in [0.15, 0.2) is 52.4 Å². The van der Waals surface area contributed by atoms with Crippen LogP contribution in [0.4, 0.5) is 0 Å². The Hall–Kier alpha value is -3.15. The van der Waals surface area contributed by atoms with Crippen LogP contribution in [0, 0.1) is 6.92 Å². The second kappa shape index (κ2) is 7.11. The smallest absolute Gasteiger partial charge is 0.329 e. The van der Waals surface area contributed by atoms with Gasteiger partial charge in [-0.25, -0.2) is 4.79 Å². The molecule has 1 aliphatic rings. The Balaban J connectivity index is 1.78. The lowest BCUT2D eigenvalue weighted by molar-refractivity contribution is 0.106. The van der Waals surface area contributed by atoms with Gasteiger partial charge in [-0.05, 0) is 44.0 Å². The molecule has 1 fully saturated rings. The first-order valence-corrected chi connectivity index (χ1v) is 9.56. The minimum Gasteiger partial charge on any atom is -0.410 e. The van der Waals surface area contributed by atoms with Crippen LogP contribution in [0.25, 0.3) is 11.0 Å². The number of aromatic nitrogens is 2. The lowest BCUT2D eigenvalue weighted by Crippen LogP contribution is -2.24. The molecule has 6 nitrogen and oxygen atoms in total. The third-order valence-corrected chi connectivity index (χ3v) is 5.65. The Morgan fingerprint density at radius 3 is 2.50 bits per heavy atom. The molecule has 0 spiro atoms. The van der Waals surface area contributed by atoms with Crippen molar-refractivity contribution < 1.29 is 10.0 Å². The number of carbonyl (C=O) groups is 1. The Bertz CT molecular complexity index is 1150. The molecule has 1 saturated carbocycles. The average molecular weight is 377 g/mol. The molecule has 0 atom stereocenters. The number of ketones is 1. The molecule has 0 aliphatic heterocycles. The van der Waals surface area contributed by atoms with Gasteiger partial charge in [-0.1, -0.05) is 41.8 Å². The quantitative estimate of drug-likeness (QED) is 0.325. The van der Waals surface area contributed by atoms with Crippen molar-refractivity contribution in [3.8, 4) is 0 Å². The van der Waals surface area contributed by atoms with Crippen molar-refractivity contribution in [1.82, 2.24) is 9.13 Å². The Morgan fingerprint density at radius 1 is 1.07 bits per heavy atom. The molecule has 3 aromatic rings. The molecule has 0 saturated heterocycles. The van der Waals surface area contributed by atoms with E-state index in [0.717, 1.165) is 36.8 Å². The van der Waals surface area contributed by atoms with Gasteiger partial charge in [0.2, 0.25) is 5.78 Å². The van der Waals surface area contributed by atoms with E-state index in [1.165, 1.54) is 0 Å². The van der Waals surface area contributed by atoms with E-state index in [9.17, 15) is 14.8 Å². The van der Waals surface area contributed by atoms with Gasteiger partial charge in [0, 0.05) is 24.2 Å². The van der Waals surface area contributed by atoms with Crippen molar-refractivity contribution in [3.63, 3.8) is 0 Å². The number of fused-ring (bicyclic) bond motifs is 1. The second-order valence-corrected chi connectivity index (χ2v) is 7.50. The minimum absolute atomic E-state index is 0.0109. The van der Waals surface area contributed by atoms with Crippen LogP contribution in [0.2, 0.25) is 0 Å². The van der Waals surface area contributed by atoms with E-state index in [1.807, 2.05) is 29.7 Å². The molecule has 144 valence electrons. The third-order valence-electron chi connectivity index (χ3n) is 5.65. The molecule has 0 bridgehead atoms. The van der Waals surface area contributed by atoms with Crippen LogP contribution >= 0.6 is 0 Å². The lowest BCUT2D eigenvalue weighted by atomic mass is 9.99. The molecule has 1 aromatic heterocycles. The number of benzene rings is 2. The van der Waals surface area contributed by atoms with Gasteiger partial charge in [-0.15, -0.1) is 0 Å². The van der Waals surface area contributed by atoms with Crippen molar-refractivity contribution >= 4 is 22.5 Å². The number of nitrogens with zero attached hydrogens (tertiary/aromatic N) is 3. The largest absolute Gasteiger partial charge is 0.410 e. The zero-order valence-corrected chi connectivity index (χ0v) is 16.1. The fraction of sp³-hybridized carbons (Fsp3) is 0.318. The number of imidazole rings is 1. The first-order chi connectivity index (χ1) is 13.5. The first kappa shape index (κ1) is 18.2. The van der Waals surface area contributed by atoms with Crippen molar-refractivity contribution in [2.45, 2.75) is 38.6 Å². The van der Waals surface area contributed by atoms with E-state index < -0.39 is 0 Å². The highest BCUT2D eigenvalue weighted by Gasteiger charge is 2.24. The summed E-state index contributed by atoms with van der Waals surface area (Å²) in [6.07, 6.45) is 4.29. The van der Waals surface area contributed by atoms with E-state index in [4.69, 9.17) is 0 Å².